The van der Waals surface area contributed by atoms with Crippen molar-refractivity contribution in [3.8, 4) is 22.6 Å². The molecule has 5 aromatic carbocycles. The van der Waals surface area contributed by atoms with Crippen molar-refractivity contribution in [3.05, 3.63) is 131 Å². The van der Waals surface area contributed by atoms with Crippen LogP contribution in [-0.4, -0.2) is 33.4 Å². The van der Waals surface area contributed by atoms with Gasteiger partial charge in [0.1, 0.15) is 11.5 Å². The summed E-state index contributed by atoms with van der Waals surface area (Å²) in [5, 5.41) is 2.32. The van der Waals surface area contributed by atoms with Crippen LogP contribution in [0.1, 0.15) is 74.8 Å². The molecule has 2 heterocycles. The molecule has 0 radical (unpaired) electrons. The van der Waals surface area contributed by atoms with Gasteiger partial charge in [0.25, 0.3) is 0 Å². The second-order valence-electron chi connectivity index (χ2n) is 16.6. The van der Waals surface area contributed by atoms with Gasteiger partial charge in [-0.05, 0) is 94.1 Å². The van der Waals surface area contributed by atoms with Gasteiger partial charge in [0.05, 0.1) is 20.3 Å². The zero-order chi connectivity index (χ0) is 34.3. The number of nitrogens with zero attached hydrogens (tertiary/aromatic N) is 1. The summed E-state index contributed by atoms with van der Waals surface area (Å²) in [5.74, 6) is 1.82. The Morgan fingerprint density at radius 3 is 2.10 bits per heavy atom. The molecule has 1 saturated carbocycles. The molecule has 0 N–H and O–H groups in total. The Hall–Kier alpha value is -4.54. The quantitative estimate of drug-likeness (QED) is 0.192. The lowest BCUT2D eigenvalue weighted by molar-refractivity contribution is 0.0642. The second kappa shape index (κ2) is 11.2. The molecular formula is C46H47NO3. The maximum Gasteiger partial charge on any atom is 0.178 e. The van der Waals surface area contributed by atoms with Crippen LogP contribution in [0.5, 0.6) is 11.5 Å². The minimum absolute atomic E-state index is 0.140. The number of hydrogen-bond donors (Lipinski definition) is 0. The molecule has 4 nitrogen and oxygen atoms in total. The summed E-state index contributed by atoms with van der Waals surface area (Å²) in [5.41, 5.74) is 9.64. The number of hydrogen-bond acceptors (Lipinski definition) is 4. The highest BCUT2D eigenvalue weighted by molar-refractivity contribution is 6.09. The lowest BCUT2D eigenvalue weighted by Gasteiger charge is -2.52. The average molecular weight is 662 g/mol. The average Bonchev–Trinajstić information content (AvgIpc) is 3.39. The van der Waals surface area contributed by atoms with Crippen LogP contribution < -0.4 is 14.4 Å². The number of benzene rings is 5. The third kappa shape index (κ3) is 4.75. The third-order valence-corrected chi connectivity index (χ3v) is 11.8. The molecule has 1 spiro atoms. The standard InChI is InChI=1S/C46H47NO3/c1-43(2)28-44(3,4)30-45(29-43)39-14-10-9-13-36(39)40-38-27-34(48-5)19-20-35(38)42-37(41(40)45)21-22-46(50-42,31-11-7-6-8-12-31)32-15-17-33(18-16-32)47-23-25-49-26-24-47/h6-22,27H,23-26,28-30H2,1-5H3. The molecule has 254 valence electrons. The Bertz CT molecular complexity index is 2120. The topological polar surface area (TPSA) is 30.9 Å². The summed E-state index contributed by atoms with van der Waals surface area (Å²) >= 11 is 0. The third-order valence-electron chi connectivity index (χ3n) is 11.8. The highest BCUT2D eigenvalue weighted by atomic mass is 16.5. The van der Waals surface area contributed by atoms with Gasteiger partial charge in [0, 0.05) is 46.3 Å². The maximum atomic E-state index is 7.66. The Morgan fingerprint density at radius 1 is 0.700 bits per heavy atom. The number of methoxy groups -OCH3 is 1. The number of anilines is 1. The number of fused-ring (bicyclic) bond motifs is 10. The van der Waals surface area contributed by atoms with E-state index in [9.17, 15) is 0 Å². The Kier molecular flexibility index (Phi) is 7.06. The predicted molar refractivity (Wildman–Crippen MR) is 204 cm³/mol. The fourth-order valence-electron chi connectivity index (χ4n) is 10.7. The molecule has 2 aliphatic heterocycles. The highest BCUT2D eigenvalue weighted by Gasteiger charge is 2.55. The van der Waals surface area contributed by atoms with Gasteiger partial charge in [0.2, 0.25) is 0 Å². The van der Waals surface area contributed by atoms with Gasteiger partial charge >= 0.3 is 0 Å². The maximum absolute atomic E-state index is 7.66. The minimum Gasteiger partial charge on any atom is -0.497 e. The van der Waals surface area contributed by atoms with Crippen molar-refractivity contribution < 1.29 is 14.2 Å². The normalized spacial score (nSPS) is 22.5. The summed E-state index contributed by atoms with van der Waals surface area (Å²) in [7, 11) is 1.77. The molecule has 0 bridgehead atoms. The number of rotatable bonds is 4. The molecule has 2 fully saturated rings. The summed E-state index contributed by atoms with van der Waals surface area (Å²) in [4.78, 5) is 2.41. The first kappa shape index (κ1) is 31.4. The molecule has 4 aliphatic rings. The lowest BCUT2D eigenvalue weighted by Crippen LogP contribution is -2.44. The number of ether oxygens (including phenoxy) is 3. The second-order valence-corrected chi connectivity index (χ2v) is 16.6. The molecular weight excluding hydrogens is 615 g/mol. The molecule has 9 rings (SSSR count). The monoisotopic (exact) mass is 661 g/mol. The fourth-order valence-corrected chi connectivity index (χ4v) is 10.7. The van der Waals surface area contributed by atoms with E-state index in [1.54, 1.807) is 7.11 Å². The highest BCUT2D eigenvalue weighted by Crippen LogP contribution is 2.67. The van der Waals surface area contributed by atoms with Crippen LogP contribution in [-0.2, 0) is 15.8 Å². The van der Waals surface area contributed by atoms with Crippen LogP contribution in [0.3, 0.4) is 0 Å². The van der Waals surface area contributed by atoms with Crippen molar-refractivity contribution in [2.45, 2.75) is 58.0 Å². The van der Waals surface area contributed by atoms with Gasteiger partial charge in [-0.2, -0.15) is 0 Å². The van der Waals surface area contributed by atoms with Gasteiger partial charge in [-0.25, -0.2) is 0 Å². The molecule has 0 amide bonds. The Labute approximate surface area is 296 Å². The summed E-state index contributed by atoms with van der Waals surface area (Å²) in [6.45, 7) is 13.2. The van der Waals surface area contributed by atoms with Crippen molar-refractivity contribution in [1.82, 2.24) is 0 Å². The van der Waals surface area contributed by atoms with Crippen LogP contribution in [0.2, 0.25) is 0 Å². The first-order valence-electron chi connectivity index (χ1n) is 18.3. The Morgan fingerprint density at radius 2 is 1.38 bits per heavy atom. The van der Waals surface area contributed by atoms with Crippen LogP contribution in [0.25, 0.3) is 28.0 Å². The summed E-state index contributed by atoms with van der Waals surface area (Å²) in [6.07, 6.45) is 8.13. The van der Waals surface area contributed by atoms with E-state index in [1.807, 2.05) is 0 Å². The fraction of sp³-hybridized carbons (Fsp3) is 0.348. The molecule has 2 aliphatic carbocycles. The van der Waals surface area contributed by atoms with Gasteiger partial charge in [0.15, 0.2) is 5.60 Å². The van der Waals surface area contributed by atoms with Crippen LogP contribution in [0, 0.1) is 10.8 Å². The van der Waals surface area contributed by atoms with Gasteiger partial charge in [-0.15, -0.1) is 0 Å². The van der Waals surface area contributed by atoms with Crippen molar-refractivity contribution in [2.75, 3.05) is 38.3 Å². The van der Waals surface area contributed by atoms with E-state index in [0.717, 1.165) is 67.2 Å². The minimum atomic E-state index is -0.803. The van der Waals surface area contributed by atoms with Crippen LogP contribution in [0.15, 0.2) is 103 Å². The van der Waals surface area contributed by atoms with E-state index in [1.165, 1.54) is 45.3 Å². The van der Waals surface area contributed by atoms with Crippen molar-refractivity contribution in [2.24, 2.45) is 10.8 Å². The predicted octanol–water partition coefficient (Wildman–Crippen LogP) is 10.5. The van der Waals surface area contributed by atoms with E-state index >= 15 is 0 Å². The first-order valence-corrected chi connectivity index (χ1v) is 18.3. The van der Waals surface area contributed by atoms with E-state index in [-0.39, 0.29) is 16.2 Å². The zero-order valence-corrected chi connectivity index (χ0v) is 30.0. The van der Waals surface area contributed by atoms with Gasteiger partial charge in [-0.3, -0.25) is 0 Å². The molecule has 1 unspecified atom stereocenters. The lowest BCUT2D eigenvalue weighted by atomic mass is 9.52. The van der Waals surface area contributed by atoms with Crippen LogP contribution >= 0.6 is 0 Å². The number of morpholine rings is 1. The summed E-state index contributed by atoms with van der Waals surface area (Å²) in [6, 6.07) is 35.5. The zero-order valence-electron chi connectivity index (χ0n) is 30.0. The van der Waals surface area contributed by atoms with E-state index in [2.05, 4.69) is 142 Å². The first-order chi connectivity index (χ1) is 24.1. The van der Waals surface area contributed by atoms with E-state index < -0.39 is 5.60 Å². The van der Waals surface area contributed by atoms with E-state index in [4.69, 9.17) is 14.2 Å². The van der Waals surface area contributed by atoms with Crippen molar-refractivity contribution >= 4 is 22.5 Å². The van der Waals surface area contributed by atoms with Gasteiger partial charge in [-0.1, -0.05) is 101 Å². The van der Waals surface area contributed by atoms with Crippen LogP contribution in [0.4, 0.5) is 5.69 Å². The molecule has 5 aromatic rings. The van der Waals surface area contributed by atoms with Gasteiger partial charge < -0.3 is 19.1 Å². The Balaban J connectivity index is 1.31. The molecule has 1 atom stereocenters. The largest absolute Gasteiger partial charge is 0.497 e. The SMILES string of the molecule is COc1ccc2c3c(c4c(c2c1)-c1ccccc1C41CC(C)(C)CC(C)(C)C1)C=CC(c1ccccc1)(c1ccc(N2CCOCC2)cc1)O3. The molecule has 4 heteroatoms. The smallest absolute Gasteiger partial charge is 0.178 e. The van der Waals surface area contributed by atoms with E-state index in [0.29, 0.717) is 0 Å². The molecule has 1 saturated heterocycles. The van der Waals surface area contributed by atoms with Crippen molar-refractivity contribution in [1.29, 1.82) is 0 Å². The molecule has 0 aromatic heterocycles. The van der Waals surface area contributed by atoms with Crippen molar-refractivity contribution in [3.63, 3.8) is 0 Å². The molecule has 50 heavy (non-hydrogen) atoms. The summed E-state index contributed by atoms with van der Waals surface area (Å²) < 4.78 is 19.2.